The van der Waals surface area contributed by atoms with Gasteiger partial charge in [0.2, 0.25) is 5.89 Å². The number of halogens is 6. The monoisotopic (exact) mass is 462 g/mol. The molecule has 0 spiro atoms. The van der Waals surface area contributed by atoms with Crippen LogP contribution in [-0.2, 0) is 11.3 Å². The van der Waals surface area contributed by atoms with Gasteiger partial charge >= 0.3 is 18.5 Å². The van der Waals surface area contributed by atoms with E-state index in [0.29, 0.717) is 19.3 Å². The topological polar surface area (TPSA) is 88.3 Å². The highest BCUT2D eigenvalue weighted by Crippen LogP contribution is 2.35. The van der Waals surface area contributed by atoms with Crippen LogP contribution in [0.4, 0.5) is 26.3 Å². The Hall–Kier alpha value is -3.12. The quantitative estimate of drug-likeness (QED) is 0.700. The van der Waals surface area contributed by atoms with Gasteiger partial charge < -0.3 is 14.6 Å². The summed E-state index contributed by atoms with van der Waals surface area (Å²) in [4.78, 5) is 25.7. The van der Waals surface area contributed by atoms with Crippen LogP contribution in [0.25, 0.3) is 11.5 Å². The van der Waals surface area contributed by atoms with Crippen LogP contribution in [0.3, 0.4) is 0 Å². The van der Waals surface area contributed by atoms with Crippen LogP contribution in [0, 0.1) is 5.82 Å². The zero-order chi connectivity index (χ0) is 23.2. The van der Waals surface area contributed by atoms with Gasteiger partial charge in [-0.2, -0.15) is 22.0 Å². The van der Waals surface area contributed by atoms with Gasteiger partial charge in [-0.1, -0.05) is 12.8 Å². The normalized spacial score (nSPS) is 21.2. The Morgan fingerprint density at radius 2 is 1.91 bits per heavy atom. The summed E-state index contributed by atoms with van der Waals surface area (Å²) in [5.74, 6) is -4.93. The Kier molecular flexibility index (Phi) is 5.59. The Labute approximate surface area is 176 Å². The third kappa shape index (κ3) is 4.02. The predicted molar refractivity (Wildman–Crippen MR) is 94.8 cm³/mol. The Bertz CT molecular complexity index is 1050. The van der Waals surface area contributed by atoms with Gasteiger partial charge in [-0.15, -0.1) is 10.2 Å². The van der Waals surface area contributed by atoms with E-state index in [9.17, 15) is 35.9 Å². The van der Waals surface area contributed by atoms with E-state index < -0.39 is 54.1 Å². The summed E-state index contributed by atoms with van der Waals surface area (Å²) in [6, 6.07) is 0.479. The number of fused-ring (bicyclic) bond motifs is 1. The molecule has 0 bridgehead atoms. The van der Waals surface area contributed by atoms with Gasteiger partial charge in [-0.3, -0.25) is 9.59 Å². The van der Waals surface area contributed by atoms with Crippen LogP contribution in [0.1, 0.15) is 53.9 Å². The van der Waals surface area contributed by atoms with Gasteiger partial charge in [0.05, 0.1) is 12.6 Å². The minimum Gasteiger partial charge on any atom is -0.415 e. The summed E-state index contributed by atoms with van der Waals surface area (Å²) in [6.07, 6.45) is -6.34. The molecule has 2 atom stereocenters. The lowest BCUT2D eigenvalue weighted by Gasteiger charge is -2.38. The molecule has 2 heterocycles. The smallest absolute Gasteiger partial charge is 0.415 e. The Balaban J connectivity index is 1.60. The molecular formula is C19H16F6N4O3. The zero-order valence-corrected chi connectivity index (χ0v) is 16.3. The molecule has 1 fully saturated rings. The number of benzene rings is 1. The highest BCUT2D eigenvalue weighted by atomic mass is 19.4. The first kappa shape index (κ1) is 22.1. The average Bonchev–Trinajstić information content (AvgIpc) is 3.34. The van der Waals surface area contributed by atoms with Crippen LogP contribution < -0.4 is 5.32 Å². The standard InChI is InChI=1S/C19H16F6N4O3/c20-11-6-8(15-27-28-16(32-15)14(21)22)5-9-10(11)7-29(17(9)30)13-4-2-1-3-12(13)26-18(31)19(23,24)25/h5-6,12-14H,1-4,7H2,(H,26,31)/t12-,13?/m1/s1. The fourth-order valence-corrected chi connectivity index (χ4v) is 4.12. The minimum absolute atomic E-state index is 0.0128. The second-order valence-corrected chi connectivity index (χ2v) is 7.59. The number of hydrogen-bond donors (Lipinski definition) is 1. The number of aromatic nitrogens is 2. The number of carbonyl (C=O) groups is 2. The first-order chi connectivity index (χ1) is 15.1. The van der Waals surface area contributed by atoms with Gasteiger partial charge in [0.1, 0.15) is 5.82 Å². The van der Waals surface area contributed by atoms with Crippen molar-refractivity contribution in [1.29, 1.82) is 0 Å². The van der Waals surface area contributed by atoms with Gasteiger partial charge in [0, 0.05) is 22.7 Å². The van der Waals surface area contributed by atoms with Crippen molar-refractivity contribution in [3.63, 3.8) is 0 Å². The highest BCUT2D eigenvalue weighted by Gasteiger charge is 2.44. The molecule has 4 rings (SSSR count). The zero-order valence-electron chi connectivity index (χ0n) is 16.3. The summed E-state index contributed by atoms with van der Waals surface area (Å²) in [5, 5.41) is 8.54. The summed E-state index contributed by atoms with van der Waals surface area (Å²) in [7, 11) is 0. The molecule has 1 aliphatic heterocycles. The maximum Gasteiger partial charge on any atom is 0.471 e. The molecule has 172 valence electrons. The van der Waals surface area contributed by atoms with Crippen molar-refractivity contribution in [2.75, 3.05) is 0 Å². The molecule has 2 amide bonds. The molecule has 1 N–H and O–H groups in total. The predicted octanol–water partition coefficient (Wildman–Crippen LogP) is 3.76. The third-order valence-corrected chi connectivity index (χ3v) is 5.59. The molecule has 1 aromatic carbocycles. The highest BCUT2D eigenvalue weighted by molar-refractivity contribution is 5.99. The average molecular weight is 462 g/mol. The van der Waals surface area contributed by atoms with E-state index in [1.165, 1.54) is 11.0 Å². The van der Waals surface area contributed by atoms with E-state index in [2.05, 4.69) is 10.2 Å². The lowest BCUT2D eigenvalue weighted by Crippen LogP contribution is -2.55. The van der Waals surface area contributed by atoms with E-state index >= 15 is 0 Å². The SMILES string of the molecule is O=C1c2cc(-c3nnc(C(F)F)o3)cc(F)c2CN1C1CCCC[C@H]1NC(=O)C(F)(F)F. The number of nitrogens with one attached hydrogen (secondary N) is 1. The maximum atomic E-state index is 14.7. The summed E-state index contributed by atoms with van der Waals surface area (Å²) in [5.41, 5.74) is -0.150. The van der Waals surface area contributed by atoms with Crippen molar-refractivity contribution in [2.45, 2.75) is 56.9 Å². The van der Waals surface area contributed by atoms with Crippen LogP contribution >= 0.6 is 0 Å². The molecule has 1 saturated carbocycles. The molecule has 0 radical (unpaired) electrons. The molecule has 32 heavy (non-hydrogen) atoms. The van der Waals surface area contributed by atoms with E-state index in [-0.39, 0.29) is 29.7 Å². The van der Waals surface area contributed by atoms with Gasteiger partial charge in [-0.25, -0.2) is 4.39 Å². The fraction of sp³-hybridized carbons (Fsp3) is 0.474. The van der Waals surface area contributed by atoms with Crippen molar-refractivity contribution in [1.82, 2.24) is 20.4 Å². The van der Waals surface area contributed by atoms with Crippen LogP contribution in [0.5, 0.6) is 0 Å². The first-order valence-corrected chi connectivity index (χ1v) is 9.69. The van der Waals surface area contributed by atoms with Crippen molar-refractivity contribution in [2.24, 2.45) is 0 Å². The summed E-state index contributed by atoms with van der Waals surface area (Å²) in [6.45, 7) is -0.199. The van der Waals surface area contributed by atoms with Gasteiger partial charge in [-0.05, 0) is 25.0 Å². The molecule has 7 nitrogen and oxygen atoms in total. The van der Waals surface area contributed by atoms with E-state index in [4.69, 9.17) is 4.42 Å². The first-order valence-electron chi connectivity index (χ1n) is 9.69. The van der Waals surface area contributed by atoms with Crippen LogP contribution in [0.2, 0.25) is 0 Å². The fourth-order valence-electron chi connectivity index (χ4n) is 4.12. The molecule has 1 aliphatic carbocycles. The Morgan fingerprint density at radius 1 is 1.19 bits per heavy atom. The molecular weight excluding hydrogens is 446 g/mol. The van der Waals surface area contributed by atoms with Crippen molar-refractivity contribution >= 4 is 11.8 Å². The molecule has 1 unspecified atom stereocenters. The van der Waals surface area contributed by atoms with E-state index in [0.717, 1.165) is 6.07 Å². The molecule has 1 aromatic heterocycles. The van der Waals surface area contributed by atoms with Gasteiger partial charge in [0.25, 0.3) is 11.8 Å². The molecule has 13 heteroatoms. The number of alkyl halides is 5. The Morgan fingerprint density at radius 3 is 2.56 bits per heavy atom. The third-order valence-electron chi connectivity index (χ3n) is 5.59. The molecule has 2 aliphatic rings. The van der Waals surface area contributed by atoms with Crippen molar-refractivity contribution in [3.8, 4) is 11.5 Å². The number of rotatable bonds is 4. The van der Waals surface area contributed by atoms with E-state index in [1.807, 2.05) is 5.32 Å². The van der Waals surface area contributed by atoms with E-state index in [1.54, 1.807) is 0 Å². The lowest BCUT2D eigenvalue weighted by molar-refractivity contribution is -0.175. The second-order valence-electron chi connectivity index (χ2n) is 7.59. The largest absolute Gasteiger partial charge is 0.471 e. The number of nitrogens with zero attached hydrogens (tertiary/aromatic N) is 3. The molecule has 0 saturated heterocycles. The lowest BCUT2D eigenvalue weighted by atomic mass is 9.89. The minimum atomic E-state index is -5.07. The number of amides is 2. The maximum absolute atomic E-state index is 14.7. The van der Waals surface area contributed by atoms with Crippen molar-refractivity contribution in [3.05, 3.63) is 35.0 Å². The van der Waals surface area contributed by atoms with Crippen LogP contribution in [-0.4, -0.2) is 45.2 Å². The number of carbonyl (C=O) groups excluding carboxylic acids is 2. The summed E-state index contributed by atoms with van der Waals surface area (Å²) < 4.78 is 83.0. The molecule has 2 aromatic rings. The van der Waals surface area contributed by atoms with Gasteiger partial charge in [0.15, 0.2) is 0 Å². The van der Waals surface area contributed by atoms with Crippen molar-refractivity contribution < 1.29 is 40.3 Å². The summed E-state index contributed by atoms with van der Waals surface area (Å²) >= 11 is 0. The second kappa shape index (κ2) is 8.10. The van der Waals surface area contributed by atoms with Crippen LogP contribution in [0.15, 0.2) is 16.5 Å². The number of hydrogen-bond acceptors (Lipinski definition) is 5.